The molecule has 0 radical (unpaired) electrons. The molecule has 1 saturated heterocycles. The number of esters is 1. The van der Waals surface area contributed by atoms with Gasteiger partial charge in [0.05, 0.1) is 12.0 Å². The maximum Gasteiger partial charge on any atom is 0.315 e. The van der Waals surface area contributed by atoms with Crippen LogP contribution in [0.4, 0.5) is 0 Å². The van der Waals surface area contributed by atoms with Crippen LogP contribution in [0.1, 0.15) is 96.6 Å². The second-order valence-electron chi connectivity index (χ2n) is 13.8. The van der Waals surface area contributed by atoms with Crippen molar-refractivity contribution in [2.24, 2.45) is 5.92 Å². The van der Waals surface area contributed by atoms with Gasteiger partial charge in [-0.15, -0.1) is 0 Å². The second kappa shape index (κ2) is 15.3. The molecular weight excluding hydrogens is 556 g/mol. The van der Waals surface area contributed by atoms with Crippen LogP contribution in [0, 0.1) is 12.8 Å². The van der Waals surface area contributed by atoms with Crippen molar-refractivity contribution < 1.29 is 14.3 Å². The molecule has 0 aliphatic carbocycles. The fourth-order valence-corrected chi connectivity index (χ4v) is 7.01. The van der Waals surface area contributed by atoms with Gasteiger partial charge in [-0.3, -0.25) is 19.4 Å². The van der Waals surface area contributed by atoms with E-state index in [1.165, 1.54) is 40.7 Å². The highest BCUT2D eigenvalue weighted by Gasteiger charge is 2.31. The SMILES string of the molecule is CCOC(=O)C(C)(C)c1cccc(CN2CCC(CCCC(=O)c3ccc4c(c3)CCN(Cc3ccccc3C)CC4)CC2)c1. The molecule has 2 aliphatic rings. The van der Waals surface area contributed by atoms with Crippen LogP contribution in [-0.2, 0) is 40.9 Å². The number of benzene rings is 3. The number of carbonyl (C=O) groups excluding carboxylic acids is 2. The minimum absolute atomic E-state index is 0.176. The third kappa shape index (κ3) is 8.71. The topological polar surface area (TPSA) is 49.9 Å². The molecule has 0 atom stereocenters. The van der Waals surface area contributed by atoms with E-state index < -0.39 is 5.41 Å². The zero-order valence-electron chi connectivity index (χ0n) is 27.9. The quantitative estimate of drug-likeness (QED) is 0.156. The highest BCUT2D eigenvalue weighted by Crippen LogP contribution is 2.28. The van der Waals surface area contributed by atoms with Crippen molar-refractivity contribution in [3.05, 3.63) is 106 Å². The molecule has 3 aromatic carbocycles. The third-order valence-corrected chi connectivity index (χ3v) is 10.1. The van der Waals surface area contributed by atoms with Gasteiger partial charge < -0.3 is 4.74 Å². The van der Waals surface area contributed by atoms with E-state index in [1.807, 2.05) is 26.8 Å². The van der Waals surface area contributed by atoms with Gasteiger partial charge in [0.2, 0.25) is 0 Å². The zero-order valence-corrected chi connectivity index (χ0v) is 27.9. The molecule has 0 aromatic heterocycles. The predicted molar refractivity (Wildman–Crippen MR) is 183 cm³/mol. The number of aryl methyl sites for hydroxylation is 1. The van der Waals surface area contributed by atoms with E-state index in [0.29, 0.717) is 24.7 Å². The number of ether oxygens (including phenoxy) is 1. The van der Waals surface area contributed by atoms with Crippen molar-refractivity contribution in [1.29, 1.82) is 0 Å². The summed E-state index contributed by atoms with van der Waals surface area (Å²) >= 11 is 0. The van der Waals surface area contributed by atoms with Gasteiger partial charge in [-0.1, -0.05) is 60.7 Å². The molecule has 3 aromatic rings. The lowest BCUT2D eigenvalue weighted by molar-refractivity contribution is -0.148. The maximum absolute atomic E-state index is 13.2. The van der Waals surface area contributed by atoms with E-state index in [0.717, 1.165) is 76.1 Å². The minimum Gasteiger partial charge on any atom is -0.465 e. The number of Topliss-reactive ketones (excluding diaryl/α,β-unsaturated/α-hetero) is 1. The molecular formula is C40H52N2O3. The summed E-state index contributed by atoms with van der Waals surface area (Å²) in [5, 5.41) is 0. The first-order chi connectivity index (χ1) is 21.7. The Morgan fingerprint density at radius 2 is 1.58 bits per heavy atom. The highest BCUT2D eigenvalue weighted by molar-refractivity contribution is 5.96. The Bertz CT molecular complexity index is 1450. The van der Waals surface area contributed by atoms with Gasteiger partial charge in [0, 0.05) is 38.2 Å². The van der Waals surface area contributed by atoms with Gasteiger partial charge in [-0.2, -0.15) is 0 Å². The van der Waals surface area contributed by atoms with Gasteiger partial charge in [0.1, 0.15) is 0 Å². The molecule has 5 heteroatoms. The number of nitrogens with zero attached hydrogens (tertiary/aromatic N) is 2. The third-order valence-electron chi connectivity index (χ3n) is 10.1. The van der Waals surface area contributed by atoms with E-state index in [-0.39, 0.29) is 5.97 Å². The molecule has 240 valence electrons. The van der Waals surface area contributed by atoms with E-state index in [9.17, 15) is 9.59 Å². The molecule has 0 spiro atoms. The monoisotopic (exact) mass is 608 g/mol. The molecule has 2 aliphatic heterocycles. The summed E-state index contributed by atoms with van der Waals surface area (Å²) in [6.07, 6.45) is 7.15. The van der Waals surface area contributed by atoms with Crippen LogP contribution in [-0.4, -0.2) is 54.3 Å². The van der Waals surface area contributed by atoms with Crippen molar-refractivity contribution in [1.82, 2.24) is 9.80 Å². The minimum atomic E-state index is -0.655. The number of likely N-dealkylation sites (tertiary alicyclic amines) is 1. The first-order valence-electron chi connectivity index (χ1n) is 17.1. The van der Waals surface area contributed by atoms with Crippen molar-refractivity contribution in [2.75, 3.05) is 32.8 Å². The van der Waals surface area contributed by atoms with Gasteiger partial charge in [0.15, 0.2) is 5.78 Å². The number of fused-ring (bicyclic) bond motifs is 1. The Morgan fingerprint density at radius 1 is 0.844 bits per heavy atom. The summed E-state index contributed by atoms with van der Waals surface area (Å²) in [5.74, 6) is 0.806. The van der Waals surface area contributed by atoms with Crippen LogP contribution < -0.4 is 0 Å². The predicted octanol–water partition coefficient (Wildman–Crippen LogP) is 7.70. The number of ketones is 1. The number of hydrogen-bond acceptors (Lipinski definition) is 5. The Labute approximate surface area is 271 Å². The lowest BCUT2D eigenvalue weighted by atomic mass is 9.84. The van der Waals surface area contributed by atoms with E-state index in [1.54, 1.807) is 0 Å². The summed E-state index contributed by atoms with van der Waals surface area (Å²) in [7, 11) is 0. The van der Waals surface area contributed by atoms with Gasteiger partial charge in [0.25, 0.3) is 0 Å². The summed E-state index contributed by atoms with van der Waals surface area (Å²) in [6.45, 7) is 14.5. The molecule has 45 heavy (non-hydrogen) atoms. The molecule has 0 amide bonds. The van der Waals surface area contributed by atoms with Crippen molar-refractivity contribution >= 4 is 11.8 Å². The Kier molecular flexibility index (Phi) is 11.3. The van der Waals surface area contributed by atoms with Crippen molar-refractivity contribution in [2.45, 2.75) is 91.1 Å². The Morgan fingerprint density at radius 3 is 2.33 bits per heavy atom. The van der Waals surface area contributed by atoms with Crippen LogP contribution in [0.2, 0.25) is 0 Å². The van der Waals surface area contributed by atoms with Crippen LogP contribution in [0.3, 0.4) is 0 Å². The number of piperidine rings is 1. The van der Waals surface area contributed by atoms with Crippen LogP contribution >= 0.6 is 0 Å². The highest BCUT2D eigenvalue weighted by atomic mass is 16.5. The van der Waals surface area contributed by atoms with Gasteiger partial charge in [-0.05, 0) is 125 Å². The molecule has 5 nitrogen and oxygen atoms in total. The Hall–Kier alpha value is -3.28. The summed E-state index contributed by atoms with van der Waals surface area (Å²) in [6, 6.07) is 23.6. The number of rotatable bonds is 12. The first-order valence-corrected chi connectivity index (χ1v) is 17.1. The van der Waals surface area contributed by atoms with Crippen LogP contribution in [0.25, 0.3) is 0 Å². The Balaban J connectivity index is 1.05. The smallest absolute Gasteiger partial charge is 0.315 e. The second-order valence-corrected chi connectivity index (χ2v) is 13.8. The number of carbonyl (C=O) groups is 2. The summed E-state index contributed by atoms with van der Waals surface area (Å²) in [5.41, 5.74) is 8.02. The molecule has 0 N–H and O–H groups in total. The average Bonchev–Trinajstić information content (AvgIpc) is 3.25. The van der Waals surface area contributed by atoms with E-state index in [4.69, 9.17) is 4.74 Å². The number of hydrogen-bond donors (Lipinski definition) is 0. The van der Waals surface area contributed by atoms with Crippen molar-refractivity contribution in [3.8, 4) is 0 Å². The van der Waals surface area contributed by atoms with Crippen LogP contribution in [0.15, 0.2) is 66.7 Å². The van der Waals surface area contributed by atoms with Gasteiger partial charge in [-0.25, -0.2) is 0 Å². The van der Waals surface area contributed by atoms with Crippen molar-refractivity contribution in [3.63, 3.8) is 0 Å². The average molecular weight is 609 g/mol. The normalized spacial score (nSPS) is 16.6. The molecule has 0 unspecified atom stereocenters. The van der Waals surface area contributed by atoms with E-state index >= 15 is 0 Å². The molecule has 1 fully saturated rings. The van der Waals surface area contributed by atoms with Crippen LogP contribution in [0.5, 0.6) is 0 Å². The molecule has 2 heterocycles. The molecule has 0 bridgehead atoms. The summed E-state index contributed by atoms with van der Waals surface area (Å²) < 4.78 is 5.31. The lowest BCUT2D eigenvalue weighted by Crippen LogP contribution is -2.34. The zero-order chi connectivity index (χ0) is 31.8. The fourth-order valence-electron chi connectivity index (χ4n) is 7.01. The first kappa shape index (κ1) is 33.1. The molecule has 0 saturated carbocycles. The van der Waals surface area contributed by atoms with Gasteiger partial charge >= 0.3 is 5.97 Å². The summed E-state index contributed by atoms with van der Waals surface area (Å²) in [4.78, 5) is 30.8. The lowest BCUT2D eigenvalue weighted by Gasteiger charge is -2.32. The maximum atomic E-state index is 13.2. The standard InChI is InChI=1S/C40H52N2O3/c1-5-45-39(44)40(3,4)37-14-8-12-32(26-37)28-41-22-18-31(19-23-41)11-9-15-38(43)35-17-16-33-20-24-42(25-21-34(33)27-35)29-36-13-7-6-10-30(36)2/h6-8,10,12-14,16-17,26-27,31H,5,9,11,15,18-25,28-29H2,1-4H3. The largest absolute Gasteiger partial charge is 0.465 e. The fraction of sp³-hybridized carbons (Fsp3) is 0.500. The molecule has 5 rings (SSSR count). The van der Waals surface area contributed by atoms with E-state index in [2.05, 4.69) is 77.4 Å².